The van der Waals surface area contributed by atoms with Gasteiger partial charge in [-0.15, -0.1) is 0 Å². The summed E-state index contributed by atoms with van der Waals surface area (Å²) < 4.78 is 26.5. The van der Waals surface area contributed by atoms with Crippen LogP contribution in [0.1, 0.15) is 0 Å². The number of benzene rings is 1. The number of anilines is 1. The molecule has 1 aromatic carbocycles. The largest absolute Gasteiger partial charge is 0.368 e. The van der Waals surface area contributed by atoms with Crippen LogP contribution in [0.25, 0.3) is 10.8 Å². The number of fused-ring (bicyclic) bond motifs is 1. The molecule has 0 aliphatic heterocycles. The first-order chi connectivity index (χ1) is 7.72. The Labute approximate surface area is 91.3 Å². The second kappa shape index (κ2) is 4.40. The maximum Gasteiger partial charge on any atom is 0.134 e. The van der Waals surface area contributed by atoms with Crippen LogP contribution < -0.4 is 11.1 Å². The molecule has 84 valence electrons. The fourth-order valence-corrected chi connectivity index (χ4v) is 1.54. The Morgan fingerprint density at radius 3 is 2.81 bits per heavy atom. The summed E-state index contributed by atoms with van der Waals surface area (Å²) in [5.74, 6) is -0.761. The molecule has 0 bridgehead atoms. The van der Waals surface area contributed by atoms with E-state index < -0.39 is 11.6 Å². The van der Waals surface area contributed by atoms with Crippen molar-refractivity contribution in [2.24, 2.45) is 5.73 Å². The van der Waals surface area contributed by atoms with Crippen LogP contribution in [0.4, 0.5) is 14.6 Å². The molecule has 0 amide bonds. The third-order valence-corrected chi connectivity index (χ3v) is 2.23. The maximum atomic E-state index is 13.4. The van der Waals surface area contributed by atoms with Crippen LogP contribution in [0.3, 0.4) is 0 Å². The summed E-state index contributed by atoms with van der Waals surface area (Å²) in [4.78, 5) is 4.03. The fourth-order valence-electron chi connectivity index (χ4n) is 1.54. The summed E-state index contributed by atoms with van der Waals surface area (Å²) in [6.07, 6.45) is 1.47. The van der Waals surface area contributed by atoms with Crippen molar-refractivity contribution < 1.29 is 8.78 Å². The minimum absolute atomic E-state index is 0.343. The van der Waals surface area contributed by atoms with Gasteiger partial charge in [0.05, 0.1) is 0 Å². The molecule has 0 aliphatic rings. The molecule has 5 heteroatoms. The van der Waals surface area contributed by atoms with Crippen molar-refractivity contribution in [1.29, 1.82) is 0 Å². The van der Waals surface area contributed by atoms with Crippen LogP contribution in [-0.2, 0) is 0 Å². The van der Waals surface area contributed by atoms with E-state index in [1.165, 1.54) is 18.3 Å². The molecule has 1 aromatic heterocycles. The van der Waals surface area contributed by atoms with Gasteiger partial charge in [-0.2, -0.15) is 0 Å². The quantitative estimate of drug-likeness (QED) is 0.835. The molecule has 0 radical (unpaired) electrons. The first-order valence-corrected chi connectivity index (χ1v) is 4.90. The Balaban J connectivity index is 2.57. The Kier molecular flexibility index (Phi) is 2.96. The van der Waals surface area contributed by atoms with Gasteiger partial charge in [-0.25, -0.2) is 13.8 Å². The van der Waals surface area contributed by atoms with E-state index in [4.69, 9.17) is 5.73 Å². The molecule has 3 nitrogen and oxygen atoms in total. The molecule has 1 heterocycles. The summed E-state index contributed by atoms with van der Waals surface area (Å²) in [5.41, 5.74) is 5.34. The lowest BCUT2D eigenvalue weighted by Gasteiger charge is -2.08. The van der Waals surface area contributed by atoms with Crippen molar-refractivity contribution in [1.82, 2.24) is 4.98 Å². The van der Waals surface area contributed by atoms with Crippen LogP contribution in [0.5, 0.6) is 0 Å². The number of halogens is 2. The van der Waals surface area contributed by atoms with E-state index in [1.807, 2.05) is 0 Å². The fraction of sp³-hybridized carbons (Fsp3) is 0.182. The lowest BCUT2D eigenvalue weighted by atomic mass is 10.1. The third kappa shape index (κ3) is 1.94. The Bertz CT molecular complexity index is 514. The summed E-state index contributed by atoms with van der Waals surface area (Å²) in [6.45, 7) is 0.931. The Morgan fingerprint density at radius 1 is 1.25 bits per heavy atom. The van der Waals surface area contributed by atoms with E-state index in [1.54, 1.807) is 0 Å². The second-order valence-electron chi connectivity index (χ2n) is 3.36. The van der Waals surface area contributed by atoms with E-state index >= 15 is 0 Å². The maximum absolute atomic E-state index is 13.4. The summed E-state index contributed by atoms with van der Waals surface area (Å²) in [6, 6.07) is 3.62. The molecule has 0 atom stereocenters. The molecule has 2 rings (SSSR count). The molecular weight excluding hydrogens is 212 g/mol. The minimum atomic E-state index is -0.617. The van der Waals surface area contributed by atoms with Gasteiger partial charge in [-0.3, -0.25) is 0 Å². The molecule has 0 spiro atoms. The SMILES string of the molecule is NCCNc1nccc2c(F)cc(F)cc12. The van der Waals surface area contributed by atoms with E-state index in [9.17, 15) is 8.78 Å². The Hall–Kier alpha value is -1.75. The average Bonchev–Trinajstić information content (AvgIpc) is 2.26. The normalized spacial score (nSPS) is 10.7. The van der Waals surface area contributed by atoms with Gasteiger partial charge in [-0.05, 0) is 12.1 Å². The topological polar surface area (TPSA) is 50.9 Å². The van der Waals surface area contributed by atoms with Gasteiger partial charge in [-0.1, -0.05) is 0 Å². The predicted molar refractivity (Wildman–Crippen MR) is 59.2 cm³/mol. The predicted octanol–water partition coefficient (Wildman–Crippen LogP) is 1.88. The number of nitrogens with two attached hydrogens (primary N) is 1. The van der Waals surface area contributed by atoms with Crippen LogP contribution in [-0.4, -0.2) is 18.1 Å². The number of rotatable bonds is 3. The summed E-state index contributed by atoms with van der Waals surface area (Å²) in [7, 11) is 0. The standard InChI is InChI=1S/C11H11F2N3/c12-7-5-9-8(10(13)6-7)1-3-15-11(9)16-4-2-14/h1,3,5-6H,2,4,14H2,(H,15,16). The van der Waals surface area contributed by atoms with Crippen molar-refractivity contribution in [3.05, 3.63) is 36.0 Å². The zero-order valence-electron chi connectivity index (χ0n) is 8.50. The lowest BCUT2D eigenvalue weighted by Crippen LogP contribution is -2.14. The lowest BCUT2D eigenvalue weighted by molar-refractivity contribution is 0.592. The zero-order chi connectivity index (χ0) is 11.5. The van der Waals surface area contributed by atoms with Crippen LogP contribution in [0, 0.1) is 11.6 Å². The van der Waals surface area contributed by atoms with Crippen molar-refractivity contribution in [2.75, 3.05) is 18.4 Å². The molecule has 3 N–H and O–H groups in total. The van der Waals surface area contributed by atoms with E-state index in [0.717, 1.165) is 6.07 Å². The number of nitrogens with one attached hydrogen (secondary N) is 1. The van der Waals surface area contributed by atoms with E-state index in [2.05, 4.69) is 10.3 Å². The average molecular weight is 223 g/mol. The molecule has 0 saturated heterocycles. The van der Waals surface area contributed by atoms with Gasteiger partial charge in [0, 0.05) is 36.1 Å². The highest BCUT2D eigenvalue weighted by Gasteiger charge is 2.08. The zero-order valence-corrected chi connectivity index (χ0v) is 8.50. The van der Waals surface area contributed by atoms with Gasteiger partial charge in [0.15, 0.2) is 0 Å². The summed E-state index contributed by atoms with van der Waals surface area (Å²) >= 11 is 0. The van der Waals surface area contributed by atoms with Gasteiger partial charge in [0.1, 0.15) is 17.5 Å². The number of pyridine rings is 1. The van der Waals surface area contributed by atoms with E-state index in [-0.39, 0.29) is 0 Å². The molecular formula is C11H11F2N3. The molecule has 0 saturated carbocycles. The van der Waals surface area contributed by atoms with Crippen molar-refractivity contribution >= 4 is 16.6 Å². The molecule has 2 aromatic rings. The highest BCUT2D eigenvalue weighted by molar-refractivity contribution is 5.92. The second-order valence-corrected chi connectivity index (χ2v) is 3.36. The summed E-state index contributed by atoms with van der Waals surface area (Å²) in [5, 5.41) is 3.69. The van der Waals surface area contributed by atoms with Crippen molar-refractivity contribution in [2.45, 2.75) is 0 Å². The van der Waals surface area contributed by atoms with Gasteiger partial charge >= 0.3 is 0 Å². The first kappa shape index (κ1) is 10.8. The number of hydrogen-bond acceptors (Lipinski definition) is 3. The van der Waals surface area contributed by atoms with Crippen LogP contribution in [0.2, 0.25) is 0 Å². The molecule has 0 fully saturated rings. The highest BCUT2D eigenvalue weighted by Crippen LogP contribution is 2.24. The number of hydrogen-bond donors (Lipinski definition) is 2. The Morgan fingerprint density at radius 2 is 2.06 bits per heavy atom. The van der Waals surface area contributed by atoms with Gasteiger partial charge in [0.2, 0.25) is 0 Å². The highest BCUT2D eigenvalue weighted by atomic mass is 19.1. The number of aromatic nitrogens is 1. The van der Waals surface area contributed by atoms with Gasteiger partial charge in [0.25, 0.3) is 0 Å². The molecule has 0 aliphatic carbocycles. The minimum Gasteiger partial charge on any atom is -0.368 e. The van der Waals surface area contributed by atoms with Crippen LogP contribution >= 0.6 is 0 Å². The third-order valence-electron chi connectivity index (χ3n) is 2.23. The number of nitrogens with zero attached hydrogens (tertiary/aromatic N) is 1. The molecule has 0 unspecified atom stereocenters. The first-order valence-electron chi connectivity index (χ1n) is 4.90. The van der Waals surface area contributed by atoms with Crippen LogP contribution in [0.15, 0.2) is 24.4 Å². The van der Waals surface area contributed by atoms with Crippen molar-refractivity contribution in [3.8, 4) is 0 Å². The van der Waals surface area contributed by atoms with Crippen molar-refractivity contribution in [3.63, 3.8) is 0 Å². The van der Waals surface area contributed by atoms with Gasteiger partial charge < -0.3 is 11.1 Å². The van der Waals surface area contributed by atoms with E-state index in [0.29, 0.717) is 29.7 Å². The smallest absolute Gasteiger partial charge is 0.134 e. The monoisotopic (exact) mass is 223 g/mol. The molecule has 16 heavy (non-hydrogen) atoms.